The molecule has 1 amide bonds. The first-order valence-electron chi connectivity index (χ1n) is 14.5. The zero-order valence-corrected chi connectivity index (χ0v) is 29.8. The summed E-state index contributed by atoms with van der Waals surface area (Å²) in [6.45, 7) is 6.94. The third kappa shape index (κ3) is 6.76. The SMILES string of the molecule is CCN(CC)C(=O)C1=C(C)N=c2s/c(=C/c3ccc(OCc4ccc(Cl)cc4Cl)c(Br)c3)c(=O)n2[C@@H]1c1cc(OC)ccc1OC. The molecule has 1 aliphatic heterocycles. The Hall–Kier alpha value is -3.57. The molecule has 0 fully saturated rings. The summed E-state index contributed by atoms with van der Waals surface area (Å²) in [4.78, 5) is 35.2. The van der Waals surface area contributed by atoms with Gasteiger partial charge in [0, 0.05) is 34.3 Å². The summed E-state index contributed by atoms with van der Waals surface area (Å²) in [7, 11) is 3.13. The van der Waals surface area contributed by atoms with Gasteiger partial charge in [0.05, 0.1) is 34.5 Å². The predicted molar refractivity (Wildman–Crippen MR) is 186 cm³/mol. The number of likely N-dealkylation sites (N-methyl/N-ethyl adjacent to an activating group) is 1. The van der Waals surface area contributed by atoms with Gasteiger partial charge in [-0.3, -0.25) is 14.2 Å². The maximum Gasteiger partial charge on any atom is 0.271 e. The maximum atomic E-state index is 14.2. The van der Waals surface area contributed by atoms with Gasteiger partial charge in [0.1, 0.15) is 29.9 Å². The fourth-order valence-electron chi connectivity index (χ4n) is 5.29. The number of carbonyl (C=O) groups is 1. The number of hydrogen-bond acceptors (Lipinski definition) is 7. The topological polar surface area (TPSA) is 82.4 Å². The molecule has 1 atom stereocenters. The second-order valence-corrected chi connectivity index (χ2v) is 13.1. The molecule has 0 N–H and O–H groups in total. The van der Waals surface area contributed by atoms with Gasteiger partial charge < -0.3 is 19.1 Å². The second-order valence-electron chi connectivity index (χ2n) is 10.4. The van der Waals surface area contributed by atoms with Gasteiger partial charge in [0.25, 0.3) is 11.5 Å². The highest BCUT2D eigenvalue weighted by Gasteiger charge is 2.36. The molecule has 0 unspecified atom stereocenters. The van der Waals surface area contributed by atoms with Crippen molar-refractivity contribution in [2.24, 2.45) is 4.99 Å². The summed E-state index contributed by atoms with van der Waals surface area (Å²) in [5, 5.41) is 1.08. The van der Waals surface area contributed by atoms with Crippen LogP contribution in [0.5, 0.6) is 17.2 Å². The molecule has 3 aromatic carbocycles. The summed E-state index contributed by atoms with van der Waals surface area (Å²) < 4.78 is 20.0. The summed E-state index contributed by atoms with van der Waals surface area (Å²) in [5.41, 5.74) is 2.90. The molecular weight excluding hydrogens is 713 g/mol. The molecule has 12 heteroatoms. The Labute approximate surface area is 289 Å². The van der Waals surface area contributed by atoms with E-state index in [4.69, 9.17) is 42.4 Å². The van der Waals surface area contributed by atoms with E-state index in [9.17, 15) is 9.59 Å². The molecule has 5 rings (SSSR count). The van der Waals surface area contributed by atoms with Gasteiger partial charge in [0.15, 0.2) is 4.80 Å². The molecule has 0 radical (unpaired) electrons. The number of aromatic nitrogens is 1. The van der Waals surface area contributed by atoms with Crippen molar-refractivity contribution in [1.82, 2.24) is 9.47 Å². The van der Waals surface area contributed by atoms with Crippen molar-refractivity contribution in [2.45, 2.75) is 33.4 Å². The monoisotopic (exact) mass is 743 g/mol. The third-order valence-corrected chi connectivity index (χ3v) is 9.88. The Morgan fingerprint density at radius 2 is 1.78 bits per heavy atom. The minimum absolute atomic E-state index is 0.185. The van der Waals surface area contributed by atoms with E-state index in [1.807, 2.05) is 44.2 Å². The van der Waals surface area contributed by atoms with E-state index in [1.54, 1.807) is 61.0 Å². The molecule has 0 bridgehead atoms. The molecule has 8 nitrogen and oxygen atoms in total. The van der Waals surface area contributed by atoms with Gasteiger partial charge in [-0.05, 0) is 90.8 Å². The first kappa shape index (κ1) is 33.8. The molecule has 240 valence electrons. The number of ether oxygens (including phenoxy) is 3. The average Bonchev–Trinajstić information content (AvgIpc) is 3.34. The number of thiazole rings is 1. The number of benzene rings is 3. The van der Waals surface area contributed by atoms with Crippen LogP contribution in [-0.4, -0.2) is 42.7 Å². The van der Waals surface area contributed by atoms with Crippen LogP contribution in [0.1, 0.15) is 43.5 Å². The number of halogens is 3. The summed E-state index contributed by atoms with van der Waals surface area (Å²) in [6.07, 6.45) is 1.81. The number of rotatable bonds is 10. The van der Waals surface area contributed by atoms with E-state index in [2.05, 4.69) is 15.9 Å². The lowest BCUT2D eigenvalue weighted by molar-refractivity contribution is -0.127. The fourth-order valence-corrected chi connectivity index (χ4v) is 7.31. The lowest BCUT2D eigenvalue weighted by Crippen LogP contribution is -2.43. The van der Waals surface area contributed by atoms with E-state index in [0.717, 1.165) is 11.1 Å². The summed E-state index contributed by atoms with van der Waals surface area (Å²) >= 11 is 17.2. The van der Waals surface area contributed by atoms with E-state index in [-0.39, 0.29) is 18.1 Å². The van der Waals surface area contributed by atoms with Gasteiger partial charge in [0.2, 0.25) is 0 Å². The van der Waals surface area contributed by atoms with Crippen LogP contribution >= 0.6 is 50.5 Å². The van der Waals surface area contributed by atoms with Crippen LogP contribution in [0.15, 0.2) is 80.1 Å². The van der Waals surface area contributed by atoms with Gasteiger partial charge in [-0.25, -0.2) is 4.99 Å². The molecule has 4 aromatic rings. The minimum Gasteiger partial charge on any atom is -0.497 e. The number of methoxy groups -OCH3 is 2. The van der Waals surface area contributed by atoms with E-state index >= 15 is 0 Å². The number of nitrogens with zero attached hydrogens (tertiary/aromatic N) is 3. The Kier molecular flexibility index (Phi) is 10.6. The van der Waals surface area contributed by atoms with Gasteiger partial charge in [-0.15, -0.1) is 0 Å². The maximum absolute atomic E-state index is 14.2. The predicted octanol–water partition coefficient (Wildman–Crippen LogP) is 6.77. The second kappa shape index (κ2) is 14.5. The first-order valence-corrected chi connectivity index (χ1v) is 16.9. The molecular formula is C34H32BrCl2N3O5S. The van der Waals surface area contributed by atoms with Gasteiger partial charge >= 0.3 is 0 Å². The smallest absolute Gasteiger partial charge is 0.271 e. The highest BCUT2D eigenvalue weighted by molar-refractivity contribution is 9.10. The van der Waals surface area contributed by atoms with Crippen molar-refractivity contribution in [2.75, 3.05) is 27.3 Å². The van der Waals surface area contributed by atoms with Gasteiger partial charge in [-0.2, -0.15) is 0 Å². The van der Waals surface area contributed by atoms with Crippen molar-refractivity contribution < 1.29 is 19.0 Å². The van der Waals surface area contributed by atoms with Crippen molar-refractivity contribution in [3.63, 3.8) is 0 Å². The van der Waals surface area contributed by atoms with Crippen LogP contribution in [0.25, 0.3) is 6.08 Å². The quantitative estimate of drug-likeness (QED) is 0.179. The zero-order valence-electron chi connectivity index (χ0n) is 25.9. The number of carbonyl (C=O) groups excluding carboxylic acids is 1. The molecule has 0 aliphatic carbocycles. The highest BCUT2D eigenvalue weighted by atomic mass is 79.9. The van der Waals surface area contributed by atoms with E-state index in [0.29, 0.717) is 71.0 Å². The molecule has 1 aliphatic rings. The largest absolute Gasteiger partial charge is 0.497 e. The van der Waals surface area contributed by atoms with Crippen molar-refractivity contribution >= 4 is 62.5 Å². The van der Waals surface area contributed by atoms with Crippen LogP contribution in [0.2, 0.25) is 10.0 Å². The highest BCUT2D eigenvalue weighted by Crippen LogP contribution is 2.38. The van der Waals surface area contributed by atoms with Gasteiger partial charge in [-0.1, -0.05) is 46.7 Å². The Morgan fingerprint density at radius 3 is 2.43 bits per heavy atom. The first-order chi connectivity index (χ1) is 22.1. The Bertz CT molecular complexity index is 2020. The summed E-state index contributed by atoms with van der Waals surface area (Å²) in [5.74, 6) is 1.53. The zero-order chi connectivity index (χ0) is 33.1. The van der Waals surface area contributed by atoms with E-state index < -0.39 is 6.04 Å². The van der Waals surface area contributed by atoms with Crippen LogP contribution in [0.4, 0.5) is 0 Å². The fraction of sp³-hybridized carbons (Fsp3) is 0.265. The van der Waals surface area contributed by atoms with Crippen LogP contribution in [0.3, 0.4) is 0 Å². The van der Waals surface area contributed by atoms with Crippen LogP contribution in [-0.2, 0) is 11.4 Å². The molecule has 2 heterocycles. The van der Waals surface area contributed by atoms with Crippen LogP contribution < -0.4 is 29.1 Å². The van der Waals surface area contributed by atoms with Crippen molar-refractivity contribution in [1.29, 1.82) is 0 Å². The van der Waals surface area contributed by atoms with Crippen molar-refractivity contribution in [3.05, 3.63) is 117 Å². The number of allylic oxidation sites excluding steroid dienone is 1. The summed E-state index contributed by atoms with van der Waals surface area (Å²) in [6, 6.07) is 15.4. The van der Waals surface area contributed by atoms with E-state index in [1.165, 1.54) is 11.3 Å². The minimum atomic E-state index is -0.779. The average molecular weight is 746 g/mol. The number of hydrogen-bond donors (Lipinski definition) is 0. The lowest BCUT2D eigenvalue weighted by Gasteiger charge is -2.30. The number of amides is 1. The molecule has 0 saturated carbocycles. The van der Waals surface area contributed by atoms with Crippen LogP contribution in [0, 0.1) is 0 Å². The molecule has 46 heavy (non-hydrogen) atoms. The molecule has 0 saturated heterocycles. The third-order valence-electron chi connectivity index (χ3n) is 7.69. The normalized spacial score (nSPS) is 14.5. The Morgan fingerprint density at radius 1 is 1.04 bits per heavy atom. The Balaban J connectivity index is 1.58. The number of fused-ring (bicyclic) bond motifs is 1. The standard InChI is InChI=1S/C34H32BrCl2N3O5S/c1-6-39(7-2)33(42)30-19(3)38-34-40(31(30)24-17-23(43-4)11-13-27(24)44-5)32(41)29(46-34)15-20-8-12-28(25(35)14-20)45-18-21-9-10-22(36)16-26(21)37/h8-17,31H,6-7,18H2,1-5H3/b29-15+/t31-/m1/s1. The molecule has 1 aromatic heterocycles. The lowest BCUT2D eigenvalue weighted by atomic mass is 9.93. The van der Waals surface area contributed by atoms with Crippen molar-refractivity contribution in [3.8, 4) is 17.2 Å². The molecule has 0 spiro atoms.